The molecule has 3 rings (SSSR count). The number of nitrogens with one attached hydrogen (secondary N) is 1. The number of benzene rings is 2. The number of hydroxylamine groups is 2. The predicted octanol–water partition coefficient (Wildman–Crippen LogP) is 4.90. The molecule has 1 aliphatic heterocycles. The van der Waals surface area contributed by atoms with Crippen LogP contribution in [0.2, 0.25) is 0 Å². The molecule has 3 amide bonds. The first kappa shape index (κ1) is 22.3. The maximum atomic E-state index is 12.5. The van der Waals surface area contributed by atoms with E-state index in [1.165, 1.54) is 0 Å². The first-order chi connectivity index (χ1) is 15.0. The number of hydrogen-bond donors (Lipinski definition) is 1. The lowest BCUT2D eigenvalue weighted by Crippen LogP contribution is -2.34. The topological polar surface area (TPSA) is 79.0 Å². The molecule has 1 N–H and O–H groups in total. The Hall–Kier alpha value is -3.35. The number of rotatable bonds is 8. The second-order valence-corrected chi connectivity index (χ2v) is 7.59. The van der Waals surface area contributed by atoms with Gasteiger partial charge in [0, 0.05) is 42.7 Å². The van der Waals surface area contributed by atoms with Crippen LogP contribution < -0.4 is 10.2 Å². The average molecular weight is 424 g/mol. The van der Waals surface area contributed by atoms with E-state index in [1.54, 1.807) is 6.07 Å². The minimum atomic E-state index is -0.870. The highest BCUT2D eigenvalue weighted by Crippen LogP contribution is 2.38. The maximum Gasteiger partial charge on any atom is 0.436 e. The first-order valence-corrected chi connectivity index (χ1v) is 10.7. The summed E-state index contributed by atoms with van der Waals surface area (Å²) < 4.78 is 0. The van der Waals surface area contributed by atoms with Crippen molar-refractivity contribution in [3.05, 3.63) is 48.0 Å². The molecule has 0 unspecified atom stereocenters. The third-order valence-corrected chi connectivity index (χ3v) is 5.19. The van der Waals surface area contributed by atoms with Crippen molar-refractivity contribution in [3.8, 4) is 11.1 Å². The van der Waals surface area contributed by atoms with Crippen LogP contribution in [0.15, 0.2) is 42.5 Å². The average Bonchev–Trinajstić information content (AvgIpc) is 3.06. The summed E-state index contributed by atoms with van der Waals surface area (Å²) >= 11 is 0. The van der Waals surface area contributed by atoms with E-state index in [4.69, 9.17) is 4.84 Å². The van der Waals surface area contributed by atoms with E-state index in [9.17, 15) is 14.4 Å². The third-order valence-electron chi connectivity index (χ3n) is 5.19. The summed E-state index contributed by atoms with van der Waals surface area (Å²) in [7, 11) is 0. The lowest BCUT2D eigenvalue weighted by molar-refractivity contribution is -0.170. The molecular weight excluding hydrogens is 394 g/mol. The van der Waals surface area contributed by atoms with Crippen LogP contribution in [-0.4, -0.2) is 36.1 Å². The van der Waals surface area contributed by atoms with Crippen molar-refractivity contribution in [3.63, 3.8) is 0 Å². The number of carbonyl (C=O) groups is 3. The molecule has 0 aromatic heterocycles. The zero-order chi connectivity index (χ0) is 22.4. The molecule has 2 aromatic carbocycles. The minimum absolute atomic E-state index is 0.0555. The van der Waals surface area contributed by atoms with Gasteiger partial charge in [0.2, 0.25) is 0 Å². The van der Waals surface area contributed by atoms with Crippen LogP contribution in [0.25, 0.3) is 11.1 Å². The molecule has 31 heavy (non-hydrogen) atoms. The van der Waals surface area contributed by atoms with E-state index in [0.29, 0.717) is 10.8 Å². The lowest BCUT2D eigenvalue weighted by Gasteiger charge is -2.28. The van der Waals surface area contributed by atoms with Crippen LogP contribution >= 0.6 is 0 Å². The fraction of sp³-hybridized carbons (Fsp3) is 0.375. The number of hydrogen-bond acceptors (Lipinski definition) is 5. The standard InChI is InChI=1S/C24H29N3O4/c1-4-15-26(16-5-2)20-12-8-9-17(3)23(20)18-10-6-7-11-19(18)25-24(30)31-27-21(28)13-14-22(27)29/h6-12H,4-5,13-16H2,1-3H3,(H,25,30). The Balaban J connectivity index is 1.94. The Labute approximate surface area is 182 Å². The maximum absolute atomic E-state index is 12.5. The van der Waals surface area contributed by atoms with Crippen molar-refractivity contribution in [1.82, 2.24) is 5.06 Å². The van der Waals surface area contributed by atoms with E-state index in [0.717, 1.165) is 48.3 Å². The fourth-order valence-corrected chi connectivity index (χ4v) is 3.84. The highest BCUT2D eigenvalue weighted by Gasteiger charge is 2.33. The summed E-state index contributed by atoms with van der Waals surface area (Å²) in [4.78, 5) is 43.3. The summed E-state index contributed by atoms with van der Waals surface area (Å²) in [5.41, 5.74) is 4.63. The van der Waals surface area contributed by atoms with Gasteiger partial charge in [-0.15, -0.1) is 5.06 Å². The summed E-state index contributed by atoms with van der Waals surface area (Å²) in [6.07, 6.45) is 1.29. The largest absolute Gasteiger partial charge is 0.436 e. The number of aryl methyl sites for hydroxylation is 1. The molecule has 0 atom stereocenters. The molecule has 0 saturated carbocycles. The van der Waals surface area contributed by atoms with Crippen LogP contribution in [-0.2, 0) is 14.4 Å². The Kier molecular flexibility index (Phi) is 7.28. The zero-order valence-electron chi connectivity index (χ0n) is 18.3. The third kappa shape index (κ3) is 5.05. The fourth-order valence-electron chi connectivity index (χ4n) is 3.84. The van der Waals surface area contributed by atoms with Gasteiger partial charge in [0.25, 0.3) is 11.8 Å². The quantitative estimate of drug-likeness (QED) is 0.611. The van der Waals surface area contributed by atoms with Gasteiger partial charge in [-0.25, -0.2) is 4.79 Å². The minimum Gasteiger partial charge on any atom is -0.371 e. The van der Waals surface area contributed by atoms with Crippen molar-refractivity contribution in [2.45, 2.75) is 46.5 Å². The van der Waals surface area contributed by atoms with Crippen molar-refractivity contribution in [1.29, 1.82) is 0 Å². The summed E-state index contributed by atoms with van der Waals surface area (Å²) in [6, 6.07) is 13.7. The Morgan fingerprint density at radius 1 is 1.00 bits per heavy atom. The van der Waals surface area contributed by atoms with Crippen LogP contribution in [0.4, 0.5) is 16.2 Å². The molecule has 164 valence electrons. The molecule has 7 heteroatoms. The molecule has 1 fully saturated rings. The van der Waals surface area contributed by atoms with Crippen molar-refractivity contribution >= 4 is 29.3 Å². The Morgan fingerprint density at radius 3 is 2.29 bits per heavy atom. The van der Waals surface area contributed by atoms with Crippen molar-refractivity contribution in [2.75, 3.05) is 23.3 Å². The van der Waals surface area contributed by atoms with E-state index >= 15 is 0 Å². The molecule has 1 saturated heterocycles. The smallest absolute Gasteiger partial charge is 0.371 e. The van der Waals surface area contributed by atoms with Gasteiger partial charge in [-0.2, -0.15) is 0 Å². The normalized spacial score (nSPS) is 13.5. The number of imide groups is 1. The van der Waals surface area contributed by atoms with E-state index in [1.807, 2.05) is 37.3 Å². The van der Waals surface area contributed by atoms with Crippen LogP contribution in [0, 0.1) is 6.92 Å². The molecule has 0 aliphatic carbocycles. The highest BCUT2D eigenvalue weighted by molar-refractivity contribution is 6.02. The van der Waals surface area contributed by atoms with Crippen LogP contribution in [0.1, 0.15) is 45.1 Å². The van der Waals surface area contributed by atoms with Crippen molar-refractivity contribution in [2.24, 2.45) is 0 Å². The Bertz CT molecular complexity index is 951. The highest BCUT2D eigenvalue weighted by atomic mass is 16.7. The van der Waals surface area contributed by atoms with Gasteiger partial charge >= 0.3 is 6.09 Å². The number of para-hydroxylation sites is 1. The molecule has 7 nitrogen and oxygen atoms in total. The van der Waals surface area contributed by atoms with E-state index in [-0.39, 0.29) is 12.8 Å². The van der Waals surface area contributed by atoms with Gasteiger partial charge < -0.3 is 9.74 Å². The molecule has 0 radical (unpaired) electrons. The molecule has 2 aromatic rings. The van der Waals surface area contributed by atoms with Crippen LogP contribution in [0.3, 0.4) is 0 Å². The molecule has 1 heterocycles. The first-order valence-electron chi connectivity index (χ1n) is 10.7. The molecule has 0 bridgehead atoms. The number of nitrogens with zero attached hydrogens (tertiary/aromatic N) is 2. The number of anilines is 2. The lowest BCUT2D eigenvalue weighted by atomic mass is 9.96. The van der Waals surface area contributed by atoms with Gasteiger partial charge in [-0.1, -0.05) is 44.2 Å². The summed E-state index contributed by atoms with van der Waals surface area (Å²) in [5.74, 6) is -1.02. The second-order valence-electron chi connectivity index (χ2n) is 7.59. The summed E-state index contributed by atoms with van der Waals surface area (Å²) in [6.45, 7) is 8.23. The van der Waals surface area contributed by atoms with Gasteiger partial charge in [-0.3, -0.25) is 14.9 Å². The van der Waals surface area contributed by atoms with Gasteiger partial charge in [0.1, 0.15) is 0 Å². The van der Waals surface area contributed by atoms with E-state index < -0.39 is 17.9 Å². The number of carbonyl (C=O) groups excluding carboxylic acids is 3. The number of amides is 3. The van der Waals surface area contributed by atoms with Gasteiger partial charge in [0.15, 0.2) is 0 Å². The summed E-state index contributed by atoms with van der Waals surface area (Å²) in [5, 5.41) is 3.25. The van der Waals surface area contributed by atoms with Gasteiger partial charge in [0.05, 0.1) is 5.69 Å². The second kappa shape index (κ2) is 10.1. The Morgan fingerprint density at radius 2 is 1.65 bits per heavy atom. The van der Waals surface area contributed by atoms with Crippen LogP contribution in [0.5, 0.6) is 0 Å². The van der Waals surface area contributed by atoms with Crippen molar-refractivity contribution < 1.29 is 19.2 Å². The monoisotopic (exact) mass is 423 g/mol. The van der Waals surface area contributed by atoms with E-state index in [2.05, 4.69) is 30.1 Å². The molecule has 1 aliphatic rings. The predicted molar refractivity (Wildman–Crippen MR) is 121 cm³/mol. The van der Waals surface area contributed by atoms with Gasteiger partial charge in [-0.05, 0) is 37.5 Å². The molecular formula is C24H29N3O4. The SMILES string of the molecule is CCCN(CCC)c1cccc(C)c1-c1ccccc1NC(=O)ON1C(=O)CCC1=O. The molecule has 0 spiro atoms. The zero-order valence-corrected chi connectivity index (χ0v) is 18.3.